The molecule has 0 amide bonds. The third-order valence-electron chi connectivity index (χ3n) is 3.43. The molecule has 98 valence electrons. The van der Waals surface area contributed by atoms with Crippen LogP contribution in [0.4, 0.5) is 0 Å². The van der Waals surface area contributed by atoms with E-state index in [1.165, 1.54) is 33.0 Å². The molecule has 0 unspecified atom stereocenters. The Morgan fingerprint density at radius 3 is 2.78 bits per heavy atom. The molecule has 0 bridgehead atoms. The van der Waals surface area contributed by atoms with Crippen LogP contribution in [0.3, 0.4) is 0 Å². The predicted octanol–water partition coefficient (Wildman–Crippen LogP) is 4.05. The summed E-state index contributed by atoms with van der Waals surface area (Å²) in [6.45, 7) is 8.00. The number of aromatic nitrogens is 1. The SMILES string of the molecule is CCCN(CC)CCc1c[nH]c2c(I)cccc12. The van der Waals surface area contributed by atoms with Crippen LogP contribution in [-0.4, -0.2) is 29.5 Å². The van der Waals surface area contributed by atoms with Gasteiger partial charge in [0.05, 0.1) is 5.52 Å². The fourth-order valence-corrected chi connectivity index (χ4v) is 3.06. The van der Waals surface area contributed by atoms with Crippen molar-refractivity contribution in [1.82, 2.24) is 9.88 Å². The third-order valence-corrected chi connectivity index (χ3v) is 4.33. The fraction of sp³-hybridized carbons (Fsp3) is 0.467. The summed E-state index contributed by atoms with van der Waals surface area (Å²) in [5.74, 6) is 0. The Labute approximate surface area is 123 Å². The zero-order chi connectivity index (χ0) is 13.0. The molecule has 18 heavy (non-hydrogen) atoms. The molecule has 0 spiro atoms. The number of H-pyrrole nitrogens is 1. The van der Waals surface area contributed by atoms with Crippen LogP contribution >= 0.6 is 22.6 Å². The fourth-order valence-electron chi connectivity index (χ4n) is 2.41. The van der Waals surface area contributed by atoms with Crippen molar-refractivity contribution in [1.29, 1.82) is 0 Å². The van der Waals surface area contributed by atoms with E-state index in [9.17, 15) is 0 Å². The van der Waals surface area contributed by atoms with E-state index in [4.69, 9.17) is 0 Å². The Bertz CT molecular complexity index is 504. The van der Waals surface area contributed by atoms with Gasteiger partial charge in [0.2, 0.25) is 0 Å². The van der Waals surface area contributed by atoms with Gasteiger partial charge in [-0.25, -0.2) is 0 Å². The molecule has 0 aliphatic heterocycles. The highest BCUT2D eigenvalue weighted by atomic mass is 127. The van der Waals surface area contributed by atoms with Crippen LogP contribution in [0.1, 0.15) is 25.8 Å². The predicted molar refractivity (Wildman–Crippen MR) is 87.1 cm³/mol. The second-order valence-corrected chi connectivity index (χ2v) is 5.82. The van der Waals surface area contributed by atoms with Gasteiger partial charge in [0.1, 0.15) is 0 Å². The maximum atomic E-state index is 3.40. The highest BCUT2D eigenvalue weighted by Gasteiger charge is 2.07. The molecule has 0 atom stereocenters. The lowest BCUT2D eigenvalue weighted by molar-refractivity contribution is 0.293. The lowest BCUT2D eigenvalue weighted by atomic mass is 10.1. The maximum absolute atomic E-state index is 3.40. The summed E-state index contributed by atoms with van der Waals surface area (Å²) in [5, 5.41) is 1.38. The number of likely N-dealkylation sites (N-methyl/N-ethyl adjacent to an activating group) is 1. The first kappa shape index (κ1) is 13.9. The molecule has 0 radical (unpaired) electrons. The zero-order valence-corrected chi connectivity index (χ0v) is 13.3. The number of fused-ring (bicyclic) bond motifs is 1. The maximum Gasteiger partial charge on any atom is 0.0592 e. The molecule has 0 saturated carbocycles. The smallest absolute Gasteiger partial charge is 0.0592 e. The van der Waals surface area contributed by atoms with Crippen molar-refractivity contribution in [2.75, 3.05) is 19.6 Å². The van der Waals surface area contributed by atoms with Crippen LogP contribution in [0.5, 0.6) is 0 Å². The minimum Gasteiger partial charge on any atom is -0.360 e. The summed E-state index contributed by atoms with van der Waals surface area (Å²) in [5.41, 5.74) is 2.73. The lowest BCUT2D eigenvalue weighted by Crippen LogP contribution is -2.26. The minimum atomic E-state index is 1.13. The van der Waals surface area contributed by atoms with Crippen LogP contribution in [0.25, 0.3) is 10.9 Å². The molecule has 1 aromatic carbocycles. The van der Waals surface area contributed by atoms with E-state index in [1.807, 2.05) is 0 Å². The summed E-state index contributed by atoms with van der Waals surface area (Å²) in [7, 11) is 0. The van der Waals surface area contributed by atoms with Crippen molar-refractivity contribution in [2.24, 2.45) is 0 Å². The van der Waals surface area contributed by atoms with E-state index in [2.05, 4.69) is 70.7 Å². The number of halogens is 1. The number of hydrogen-bond donors (Lipinski definition) is 1. The van der Waals surface area contributed by atoms with E-state index < -0.39 is 0 Å². The summed E-state index contributed by atoms with van der Waals surface area (Å²) in [6, 6.07) is 6.52. The average molecular weight is 356 g/mol. The quantitative estimate of drug-likeness (QED) is 0.774. The molecule has 0 saturated heterocycles. The number of para-hydroxylation sites is 1. The summed E-state index contributed by atoms with van der Waals surface area (Å²) < 4.78 is 1.30. The first-order chi connectivity index (χ1) is 8.76. The summed E-state index contributed by atoms with van der Waals surface area (Å²) in [6.07, 6.45) is 4.54. The molecule has 3 heteroatoms. The van der Waals surface area contributed by atoms with Gasteiger partial charge in [0, 0.05) is 21.7 Å². The highest BCUT2D eigenvalue weighted by Crippen LogP contribution is 2.23. The van der Waals surface area contributed by atoms with E-state index in [1.54, 1.807) is 0 Å². The molecule has 0 aliphatic carbocycles. The summed E-state index contributed by atoms with van der Waals surface area (Å²) in [4.78, 5) is 5.92. The van der Waals surface area contributed by atoms with Crippen molar-refractivity contribution < 1.29 is 0 Å². The largest absolute Gasteiger partial charge is 0.360 e. The van der Waals surface area contributed by atoms with Crippen molar-refractivity contribution in [2.45, 2.75) is 26.7 Å². The Hall–Kier alpha value is -0.550. The van der Waals surface area contributed by atoms with Crippen LogP contribution in [0.15, 0.2) is 24.4 Å². The van der Waals surface area contributed by atoms with Gasteiger partial charge >= 0.3 is 0 Å². The number of nitrogens with zero attached hydrogens (tertiary/aromatic N) is 1. The molecule has 2 rings (SSSR count). The Balaban J connectivity index is 2.10. The van der Waals surface area contributed by atoms with Gasteiger partial charge in [-0.05, 0) is 60.2 Å². The number of hydrogen-bond acceptors (Lipinski definition) is 1. The molecule has 1 aromatic heterocycles. The first-order valence-electron chi connectivity index (χ1n) is 6.73. The number of nitrogens with one attached hydrogen (secondary N) is 1. The molecule has 2 nitrogen and oxygen atoms in total. The second-order valence-electron chi connectivity index (χ2n) is 4.66. The molecule has 1 heterocycles. The number of aromatic amines is 1. The lowest BCUT2D eigenvalue weighted by Gasteiger charge is -2.18. The zero-order valence-electron chi connectivity index (χ0n) is 11.2. The van der Waals surface area contributed by atoms with Gasteiger partial charge in [-0.2, -0.15) is 0 Å². The standard InChI is InChI=1S/C15H21IN2/c1-3-9-18(4-2)10-8-12-11-17-15-13(12)6-5-7-14(15)16/h5-7,11,17H,3-4,8-10H2,1-2H3. The monoisotopic (exact) mass is 356 g/mol. The van der Waals surface area contributed by atoms with Gasteiger partial charge in [0.15, 0.2) is 0 Å². The van der Waals surface area contributed by atoms with E-state index >= 15 is 0 Å². The Morgan fingerprint density at radius 2 is 2.06 bits per heavy atom. The molecule has 0 aliphatic rings. The number of benzene rings is 1. The van der Waals surface area contributed by atoms with Crippen molar-refractivity contribution in [3.8, 4) is 0 Å². The Morgan fingerprint density at radius 1 is 1.22 bits per heavy atom. The summed E-state index contributed by atoms with van der Waals surface area (Å²) >= 11 is 2.39. The van der Waals surface area contributed by atoms with E-state index in [-0.39, 0.29) is 0 Å². The third kappa shape index (κ3) is 3.06. The molecular weight excluding hydrogens is 335 g/mol. The average Bonchev–Trinajstić information content (AvgIpc) is 2.79. The van der Waals surface area contributed by atoms with Gasteiger partial charge in [-0.15, -0.1) is 0 Å². The minimum absolute atomic E-state index is 1.13. The van der Waals surface area contributed by atoms with E-state index in [0.29, 0.717) is 0 Å². The topological polar surface area (TPSA) is 19.0 Å². The highest BCUT2D eigenvalue weighted by molar-refractivity contribution is 14.1. The normalized spacial score (nSPS) is 11.6. The van der Waals surface area contributed by atoms with E-state index in [0.717, 1.165) is 19.5 Å². The van der Waals surface area contributed by atoms with Crippen LogP contribution in [-0.2, 0) is 6.42 Å². The van der Waals surface area contributed by atoms with Gasteiger partial charge in [0.25, 0.3) is 0 Å². The van der Waals surface area contributed by atoms with Crippen molar-refractivity contribution in [3.63, 3.8) is 0 Å². The van der Waals surface area contributed by atoms with Crippen molar-refractivity contribution in [3.05, 3.63) is 33.5 Å². The van der Waals surface area contributed by atoms with Crippen LogP contribution in [0.2, 0.25) is 0 Å². The van der Waals surface area contributed by atoms with Gasteiger partial charge in [-0.3, -0.25) is 0 Å². The molecule has 1 N–H and O–H groups in total. The van der Waals surface area contributed by atoms with Crippen LogP contribution < -0.4 is 0 Å². The molecule has 0 fully saturated rings. The first-order valence-corrected chi connectivity index (χ1v) is 7.81. The molecular formula is C15H21IN2. The van der Waals surface area contributed by atoms with Gasteiger partial charge in [-0.1, -0.05) is 26.0 Å². The van der Waals surface area contributed by atoms with Crippen LogP contribution in [0, 0.1) is 3.57 Å². The number of rotatable bonds is 6. The van der Waals surface area contributed by atoms with Crippen molar-refractivity contribution >= 4 is 33.5 Å². The Kier molecular flexibility index (Phi) is 5.06. The van der Waals surface area contributed by atoms with Gasteiger partial charge < -0.3 is 9.88 Å². The molecule has 2 aromatic rings. The second kappa shape index (κ2) is 6.57.